The van der Waals surface area contributed by atoms with Crippen molar-refractivity contribution in [1.82, 2.24) is 0 Å². The zero-order chi connectivity index (χ0) is 16.7. The first-order chi connectivity index (χ1) is 10.9. The first-order valence-corrected chi connectivity index (χ1v) is 6.44. The van der Waals surface area contributed by atoms with Crippen molar-refractivity contribution in [2.24, 2.45) is 0 Å². The molecule has 0 atom stereocenters. The summed E-state index contributed by atoms with van der Waals surface area (Å²) in [6, 6.07) is 6.26. The molecule has 0 saturated carbocycles. The van der Waals surface area contributed by atoms with Gasteiger partial charge in [0, 0.05) is 0 Å². The van der Waals surface area contributed by atoms with E-state index in [1.165, 1.54) is 36.4 Å². The number of ether oxygens (including phenoxy) is 1. The number of carbonyl (C=O) groups excluding carboxylic acids is 1. The molecular formula is C16H10O7. The van der Waals surface area contributed by atoms with E-state index in [1.54, 1.807) is 0 Å². The van der Waals surface area contributed by atoms with Gasteiger partial charge < -0.3 is 25.2 Å². The van der Waals surface area contributed by atoms with E-state index in [0.717, 1.165) is 0 Å². The number of allylic oxidation sites excluding steroid dienone is 1. The number of carboxylic acid groups (broad SMARTS) is 1. The second-order valence-electron chi connectivity index (χ2n) is 4.83. The molecule has 0 amide bonds. The van der Waals surface area contributed by atoms with Gasteiger partial charge in [0.2, 0.25) is 11.5 Å². The fourth-order valence-corrected chi connectivity index (χ4v) is 2.19. The molecule has 0 spiro atoms. The number of Topliss-reactive ketones (excluding diaryl/α,β-unsaturated/α-hetero) is 1. The summed E-state index contributed by atoms with van der Waals surface area (Å²) >= 11 is 0. The molecule has 0 fully saturated rings. The van der Waals surface area contributed by atoms with Crippen molar-refractivity contribution in [3.63, 3.8) is 0 Å². The number of aromatic hydroxyl groups is 3. The zero-order valence-corrected chi connectivity index (χ0v) is 11.5. The summed E-state index contributed by atoms with van der Waals surface area (Å²) in [4.78, 5) is 23.2. The first kappa shape index (κ1) is 14.5. The SMILES string of the molecule is O=C(O)c1cc(C=C2Oc3c(ccc(O)c3O)C2=O)ccc1O. The smallest absolute Gasteiger partial charge is 0.339 e. The van der Waals surface area contributed by atoms with Crippen LogP contribution in [0.3, 0.4) is 0 Å². The number of phenols is 3. The van der Waals surface area contributed by atoms with Gasteiger partial charge in [-0.1, -0.05) is 6.07 Å². The van der Waals surface area contributed by atoms with Crippen LogP contribution in [0.1, 0.15) is 26.3 Å². The number of benzene rings is 2. The monoisotopic (exact) mass is 314 g/mol. The number of hydrogen-bond acceptors (Lipinski definition) is 6. The molecule has 2 aromatic rings. The van der Waals surface area contributed by atoms with Crippen LogP contribution in [-0.4, -0.2) is 32.2 Å². The Morgan fingerprint density at radius 2 is 1.74 bits per heavy atom. The van der Waals surface area contributed by atoms with E-state index < -0.39 is 29.0 Å². The number of rotatable bonds is 2. The summed E-state index contributed by atoms with van der Waals surface area (Å²) in [5.41, 5.74) is 0.0895. The third-order valence-electron chi connectivity index (χ3n) is 3.34. The lowest BCUT2D eigenvalue weighted by atomic mass is 10.1. The lowest BCUT2D eigenvalue weighted by Gasteiger charge is -2.03. The van der Waals surface area contributed by atoms with E-state index in [2.05, 4.69) is 0 Å². The van der Waals surface area contributed by atoms with Crippen LogP contribution >= 0.6 is 0 Å². The molecule has 0 saturated heterocycles. The molecule has 0 radical (unpaired) electrons. The Kier molecular flexibility index (Phi) is 3.18. The molecule has 23 heavy (non-hydrogen) atoms. The maximum atomic E-state index is 12.2. The molecule has 7 nitrogen and oxygen atoms in total. The van der Waals surface area contributed by atoms with Crippen LogP contribution in [0.4, 0.5) is 0 Å². The van der Waals surface area contributed by atoms with Gasteiger partial charge in [-0.3, -0.25) is 4.79 Å². The standard InChI is InChI=1S/C16H10O7/c17-10-3-1-7(5-9(10)16(21)22)6-12-13(19)8-2-4-11(18)14(20)15(8)23-12/h1-6,17-18,20H,(H,21,22). The number of ketones is 1. The van der Waals surface area contributed by atoms with E-state index in [-0.39, 0.29) is 22.6 Å². The van der Waals surface area contributed by atoms with Crippen LogP contribution < -0.4 is 4.74 Å². The number of fused-ring (bicyclic) bond motifs is 1. The Morgan fingerprint density at radius 1 is 1.04 bits per heavy atom. The molecular weight excluding hydrogens is 304 g/mol. The summed E-state index contributed by atoms with van der Waals surface area (Å²) < 4.78 is 5.26. The van der Waals surface area contributed by atoms with Gasteiger partial charge in [-0.15, -0.1) is 0 Å². The summed E-state index contributed by atoms with van der Waals surface area (Å²) in [6.07, 6.45) is 1.28. The highest BCUT2D eigenvalue weighted by molar-refractivity contribution is 6.15. The third-order valence-corrected chi connectivity index (χ3v) is 3.34. The second-order valence-corrected chi connectivity index (χ2v) is 4.83. The minimum atomic E-state index is -1.31. The lowest BCUT2D eigenvalue weighted by Crippen LogP contribution is -2.00. The fraction of sp³-hybridized carbons (Fsp3) is 0. The highest BCUT2D eigenvalue weighted by atomic mass is 16.5. The van der Waals surface area contributed by atoms with Gasteiger partial charge in [0.1, 0.15) is 11.3 Å². The van der Waals surface area contributed by atoms with Crippen molar-refractivity contribution >= 4 is 17.8 Å². The Balaban J connectivity index is 2.03. The zero-order valence-electron chi connectivity index (χ0n) is 11.5. The fourth-order valence-electron chi connectivity index (χ4n) is 2.19. The highest BCUT2D eigenvalue weighted by Crippen LogP contribution is 2.44. The molecule has 1 aliphatic heterocycles. The highest BCUT2D eigenvalue weighted by Gasteiger charge is 2.31. The normalized spacial score (nSPS) is 14.6. The van der Waals surface area contributed by atoms with Crippen LogP contribution in [-0.2, 0) is 0 Å². The molecule has 1 heterocycles. The molecule has 116 valence electrons. The van der Waals surface area contributed by atoms with E-state index in [0.29, 0.717) is 5.56 Å². The Labute approximate surface area is 129 Å². The van der Waals surface area contributed by atoms with E-state index >= 15 is 0 Å². The van der Waals surface area contributed by atoms with Crippen molar-refractivity contribution in [2.75, 3.05) is 0 Å². The minimum absolute atomic E-state index is 0.0868. The van der Waals surface area contributed by atoms with Crippen molar-refractivity contribution in [2.45, 2.75) is 0 Å². The van der Waals surface area contributed by atoms with E-state index in [9.17, 15) is 24.9 Å². The van der Waals surface area contributed by atoms with Crippen molar-refractivity contribution < 1.29 is 34.8 Å². The van der Waals surface area contributed by atoms with Crippen LogP contribution in [0.15, 0.2) is 36.1 Å². The van der Waals surface area contributed by atoms with Gasteiger partial charge in [0.15, 0.2) is 17.3 Å². The average Bonchev–Trinajstić information content (AvgIpc) is 2.82. The van der Waals surface area contributed by atoms with Gasteiger partial charge >= 0.3 is 5.97 Å². The van der Waals surface area contributed by atoms with Gasteiger partial charge in [-0.05, 0) is 35.9 Å². The predicted octanol–water partition coefficient (Wildman–Crippen LogP) is 2.12. The summed E-state index contributed by atoms with van der Waals surface area (Å²) in [6.45, 7) is 0. The number of carboxylic acids is 1. The topological polar surface area (TPSA) is 124 Å². The maximum absolute atomic E-state index is 12.2. The van der Waals surface area contributed by atoms with E-state index in [1.807, 2.05) is 0 Å². The predicted molar refractivity (Wildman–Crippen MR) is 77.8 cm³/mol. The van der Waals surface area contributed by atoms with E-state index in [4.69, 9.17) is 9.84 Å². The molecule has 0 aromatic heterocycles. The molecule has 3 rings (SSSR count). The van der Waals surface area contributed by atoms with Crippen molar-refractivity contribution in [3.8, 4) is 23.0 Å². The number of phenolic OH excluding ortho intramolecular Hbond substituents is 2. The average molecular weight is 314 g/mol. The second kappa shape index (κ2) is 5.06. The summed E-state index contributed by atoms with van der Waals surface area (Å²) in [5.74, 6) is -3.48. The quantitative estimate of drug-likeness (QED) is 0.494. The Hall–Kier alpha value is -3.48. The molecule has 7 heteroatoms. The summed E-state index contributed by atoms with van der Waals surface area (Å²) in [5, 5.41) is 37.6. The van der Waals surface area contributed by atoms with Gasteiger partial charge in [0.05, 0.1) is 5.56 Å². The molecule has 1 aliphatic rings. The molecule has 0 unspecified atom stereocenters. The van der Waals surface area contributed by atoms with Gasteiger partial charge in [-0.2, -0.15) is 0 Å². The maximum Gasteiger partial charge on any atom is 0.339 e. The van der Waals surface area contributed by atoms with Crippen LogP contribution in [0.2, 0.25) is 0 Å². The van der Waals surface area contributed by atoms with Crippen LogP contribution in [0, 0.1) is 0 Å². The number of carbonyl (C=O) groups is 2. The number of aromatic carboxylic acids is 1. The van der Waals surface area contributed by atoms with Crippen LogP contribution in [0.25, 0.3) is 6.08 Å². The van der Waals surface area contributed by atoms with Crippen molar-refractivity contribution in [1.29, 1.82) is 0 Å². The molecule has 2 aromatic carbocycles. The molecule has 0 aliphatic carbocycles. The van der Waals surface area contributed by atoms with Crippen LogP contribution in [0.5, 0.6) is 23.0 Å². The lowest BCUT2D eigenvalue weighted by molar-refractivity contribution is 0.0693. The first-order valence-electron chi connectivity index (χ1n) is 6.44. The van der Waals surface area contributed by atoms with Crippen molar-refractivity contribution in [3.05, 3.63) is 52.8 Å². The molecule has 0 bridgehead atoms. The minimum Gasteiger partial charge on any atom is -0.507 e. The Morgan fingerprint density at radius 3 is 2.43 bits per heavy atom. The third kappa shape index (κ3) is 2.34. The van der Waals surface area contributed by atoms with Gasteiger partial charge in [-0.25, -0.2) is 4.79 Å². The largest absolute Gasteiger partial charge is 0.507 e. The molecule has 4 N–H and O–H groups in total. The summed E-state index contributed by atoms with van der Waals surface area (Å²) in [7, 11) is 0. The Bertz CT molecular complexity index is 880. The van der Waals surface area contributed by atoms with Gasteiger partial charge in [0.25, 0.3) is 0 Å². The number of hydrogen-bond donors (Lipinski definition) is 4.